The van der Waals surface area contributed by atoms with Crippen molar-refractivity contribution in [3.05, 3.63) is 0 Å². The van der Waals surface area contributed by atoms with Gasteiger partial charge in [-0.05, 0) is 13.3 Å². The Morgan fingerprint density at radius 2 is 1.69 bits per heavy atom. The predicted octanol–water partition coefficient (Wildman–Crippen LogP) is -0.848. The summed E-state index contributed by atoms with van der Waals surface area (Å²) in [5, 5.41) is 7.46. The second kappa shape index (κ2) is 6.81. The average Bonchev–Trinajstić information content (AvgIpc) is 2.23. The summed E-state index contributed by atoms with van der Waals surface area (Å²) in [7, 11) is 1.51. The van der Waals surface area contributed by atoms with Gasteiger partial charge in [0.15, 0.2) is 0 Å². The number of amides is 3. The van der Waals surface area contributed by atoms with Crippen molar-refractivity contribution in [2.75, 3.05) is 7.05 Å². The van der Waals surface area contributed by atoms with Crippen LogP contribution in [0, 0.1) is 0 Å². The van der Waals surface area contributed by atoms with Crippen LogP contribution in [0.3, 0.4) is 0 Å². The lowest BCUT2D eigenvalue weighted by Crippen LogP contribution is -2.51. The van der Waals surface area contributed by atoms with Crippen LogP contribution >= 0.6 is 0 Å². The molecule has 2 atom stereocenters. The second-order valence-electron chi connectivity index (χ2n) is 3.51. The van der Waals surface area contributed by atoms with E-state index in [-0.39, 0.29) is 17.7 Å². The maximum atomic E-state index is 11.6. The van der Waals surface area contributed by atoms with E-state index >= 15 is 0 Å². The van der Waals surface area contributed by atoms with Crippen LogP contribution in [0.15, 0.2) is 0 Å². The van der Waals surface area contributed by atoms with E-state index in [1.807, 2.05) is 0 Å². The predicted molar refractivity (Wildman–Crippen MR) is 59.6 cm³/mol. The molecule has 6 nitrogen and oxygen atoms in total. The minimum atomic E-state index is -0.642. The van der Waals surface area contributed by atoms with Crippen molar-refractivity contribution in [2.45, 2.75) is 39.3 Å². The van der Waals surface area contributed by atoms with E-state index < -0.39 is 12.1 Å². The Morgan fingerprint density at radius 3 is 2.06 bits per heavy atom. The normalized spacial score (nSPS) is 13.5. The molecular formula is C10H19N3O3. The number of hydrogen-bond acceptors (Lipinski definition) is 3. The number of likely N-dealkylation sites (N-methyl/N-ethyl adjacent to an activating group) is 1. The molecule has 0 fully saturated rings. The molecule has 0 unspecified atom stereocenters. The number of nitrogens with one attached hydrogen (secondary N) is 3. The number of carbonyl (C=O) groups is 3. The minimum Gasteiger partial charge on any atom is -0.357 e. The molecule has 0 aromatic rings. The number of carbonyl (C=O) groups excluding carboxylic acids is 3. The summed E-state index contributed by atoms with van der Waals surface area (Å²) in [5.41, 5.74) is 0. The van der Waals surface area contributed by atoms with Gasteiger partial charge in [-0.1, -0.05) is 6.92 Å². The molecule has 3 N–H and O–H groups in total. The molecule has 92 valence electrons. The Hall–Kier alpha value is -1.59. The van der Waals surface area contributed by atoms with E-state index in [2.05, 4.69) is 16.0 Å². The van der Waals surface area contributed by atoms with Crippen LogP contribution in [0.2, 0.25) is 0 Å². The van der Waals surface area contributed by atoms with Gasteiger partial charge in [0.1, 0.15) is 12.1 Å². The van der Waals surface area contributed by atoms with E-state index in [0.717, 1.165) is 0 Å². The molecule has 0 aliphatic rings. The summed E-state index contributed by atoms with van der Waals surface area (Å²) in [6.07, 6.45) is 0.498. The monoisotopic (exact) mass is 229 g/mol. The van der Waals surface area contributed by atoms with E-state index in [9.17, 15) is 14.4 Å². The fraction of sp³-hybridized carbons (Fsp3) is 0.700. The summed E-state index contributed by atoms with van der Waals surface area (Å²) < 4.78 is 0. The van der Waals surface area contributed by atoms with Gasteiger partial charge >= 0.3 is 0 Å². The third-order valence-corrected chi connectivity index (χ3v) is 2.10. The molecule has 16 heavy (non-hydrogen) atoms. The van der Waals surface area contributed by atoms with Gasteiger partial charge in [0.05, 0.1) is 0 Å². The quantitative estimate of drug-likeness (QED) is 0.574. The zero-order valence-corrected chi connectivity index (χ0v) is 10.1. The van der Waals surface area contributed by atoms with Crippen molar-refractivity contribution in [1.29, 1.82) is 0 Å². The molecule has 0 heterocycles. The summed E-state index contributed by atoms with van der Waals surface area (Å²) in [6, 6.07) is -1.20. The molecule has 0 aliphatic heterocycles. The van der Waals surface area contributed by atoms with Gasteiger partial charge in [0.25, 0.3) is 0 Å². The van der Waals surface area contributed by atoms with Crippen LogP contribution in [0.5, 0.6) is 0 Å². The molecule has 0 saturated carbocycles. The standard InChI is InChI=1S/C10H19N3O3/c1-5-8(10(16)11-4)13-9(15)6(2)12-7(3)14/h6,8H,5H2,1-4H3,(H,11,16)(H,12,14)(H,13,15)/t6-,8-/m0/s1. The van der Waals surface area contributed by atoms with Crippen LogP contribution in [0.25, 0.3) is 0 Å². The van der Waals surface area contributed by atoms with E-state index in [4.69, 9.17) is 0 Å². The van der Waals surface area contributed by atoms with Crippen molar-refractivity contribution in [3.63, 3.8) is 0 Å². The Morgan fingerprint density at radius 1 is 1.12 bits per heavy atom. The molecule has 0 aromatic carbocycles. The lowest BCUT2D eigenvalue weighted by Gasteiger charge is -2.18. The summed E-state index contributed by atoms with van der Waals surface area (Å²) in [5.74, 6) is -0.896. The van der Waals surface area contributed by atoms with Gasteiger partial charge in [0.2, 0.25) is 17.7 Å². The Labute approximate surface area is 95.2 Å². The van der Waals surface area contributed by atoms with E-state index in [1.54, 1.807) is 13.8 Å². The Bertz CT molecular complexity index is 278. The highest BCUT2D eigenvalue weighted by atomic mass is 16.2. The fourth-order valence-corrected chi connectivity index (χ4v) is 1.19. The third-order valence-electron chi connectivity index (χ3n) is 2.10. The lowest BCUT2D eigenvalue weighted by molar-refractivity contribution is -0.131. The average molecular weight is 229 g/mol. The first kappa shape index (κ1) is 14.4. The van der Waals surface area contributed by atoms with Crippen LogP contribution in [-0.2, 0) is 14.4 Å². The summed E-state index contributed by atoms with van der Waals surface area (Å²) in [6.45, 7) is 4.69. The van der Waals surface area contributed by atoms with Crippen molar-refractivity contribution >= 4 is 17.7 Å². The van der Waals surface area contributed by atoms with Gasteiger partial charge in [0, 0.05) is 14.0 Å². The molecular weight excluding hydrogens is 210 g/mol. The zero-order chi connectivity index (χ0) is 12.7. The molecule has 0 rings (SSSR count). The molecule has 0 aliphatic carbocycles. The molecule has 0 spiro atoms. The van der Waals surface area contributed by atoms with Gasteiger partial charge in [-0.2, -0.15) is 0 Å². The zero-order valence-electron chi connectivity index (χ0n) is 10.1. The first-order chi connectivity index (χ1) is 7.42. The molecule has 3 amide bonds. The number of hydrogen-bond donors (Lipinski definition) is 3. The third kappa shape index (κ3) is 4.77. The van der Waals surface area contributed by atoms with Crippen LogP contribution < -0.4 is 16.0 Å². The van der Waals surface area contributed by atoms with Gasteiger partial charge in [-0.3, -0.25) is 14.4 Å². The largest absolute Gasteiger partial charge is 0.357 e. The SMILES string of the molecule is CC[C@H](NC(=O)[C@H](C)NC(C)=O)C(=O)NC. The van der Waals surface area contributed by atoms with E-state index in [0.29, 0.717) is 6.42 Å². The smallest absolute Gasteiger partial charge is 0.242 e. The van der Waals surface area contributed by atoms with Crippen molar-refractivity contribution in [2.24, 2.45) is 0 Å². The maximum Gasteiger partial charge on any atom is 0.242 e. The topological polar surface area (TPSA) is 87.3 Å². The first-order valence-electron chi connectivity index (χ1n) is 5.21. The highest BCUT2D eigenvalue weighted by Crippen LogP contribution is 1.92. The minimum absolute atomic E-state index is 0.245. The van der Waals surface area contributed by atoms with Crippen molar-refractivity contribution in [1.82, 2.24) is 16.0 Å². The van der Waals surface area contributed by atoms with Crippen LogP contribution in [0.1, 0.15) is 27.2 Å². The molecule has 0 aromatic heterocycles. The molecule has 0 radical (unpaired) electrons. The maximum absolute atomic E-state index is 11.6. The van der Waals surface area contributed by atoms with Gasteiger partial charge < -0.3 is 16.0 Å². The van der Waals surface area contributed by atoms with Gasteiger partial charge in [-0.25, -0.2) is 0 Å². The number of rotatable bonds is 5. The molecule has 6 heteroatoms. The highest BCUT2D eigenvalue weighted by molar-refractivity contribution is 5.91. The van der Waals surface area contributed by atoms with Crippen LogP contribution in [-0.4, -0.2) is 36.9 Å². The Balaban J connectivity index is 4.29. The Kier molecular flexibility index (Phi) is 6.14. The molecule has 0 bridgehead atoms. The van der Waals surface area contributed by atoms with Gasteiger partial charge in [-0.15, -0.1) is 0 Å². The van der Waals surface area contributed by atoms with Crippen LogP contribution in [0.4, 0.5) is 0 Å². The molecule has 0 saturated heterocycles. The lowest BCUT2D eigenvalue weighted by atomic mass is 10.2. The fourth-order valence-electron chi connectivity index (χ4n) is 1.19. The van der Waals surface area contributed by atoms with E-state index in [1.165, 1.54) is 14.0 Å². The summed E-state index contributed by atoms with van der Waals surface area (Å²) >= 11 is 0. The van der Waals surface area contributed by atoms with Crippen molar-refractivity contribution < 1.29 is 14.4 Å². The van der Waals surface area contributed by atoms with Crippen molar-refractivity contribution in [3.8, 4) is 0 Å². The second-order valence-corrected chi connectivity index (χ2v) is 3.51. The highest BCUT2D eigenvalue weighted by Gasteiger charge is 2.21. The summed E-state index contributed by atoms with van der Waals surface area (Å²) in [4.78, 5) is 33.6. The first-order valence-corrected chi connectivity index (χ1v) is 5.21.